The van der Waals surface area contributed by atoms with Crippen LogP contribution in [0.5, 0.6) is 0 Å². The quantitative estimate of drug-likeness (QED) is 0.0199. The van der Waals surface area contributed by atoms with Gasteiger partial charge >= 0.3 is 11.9 Å². The number of unbranched alkanes of at least 4 members (excludes halogenated alkanes) is 11. The smallest absolute Gasteiger partial charge is 0.364 e. The van der Waals surface area contributed by atoms with Gasteiger partial charge in [-0.15, -0.1) is 0 Å². The molecule has 6 heterocycles. The van der Waals surface area contributed by atoms with Gasteiger partial charge in [0.1, 0.15) is 134 Å². The molecule has 6 rings (SSSR count). The van der Waals surface area contributed by atoms with Crippen LogP contribution in [0, 0.1) is 0 Å². The zero-order chi connectivity index (χ0) is 80.2. The van der Waals surface area contributed by atoms with Crippen LogP contribution in [0.3, 0.4) is 0 Å². The number of nitrogens with one attached hydrogen (secondary N) is 3. The van der Waals surface area contributed by atoms with Crippen LogP contribution in [0.4, 0.5) is 0 Å². The summed E-state index contributed by atoms with van der Waals surface area (Å²) >= 11 is 0. The van der Waals surface area contributed by atoms with Crippen molar-refractivity contribution in [2.75, 3.05) is 46.2 Å². The molecule has 6 aliphatic heterocycles. The average Bonchev–Trinajstić information content (AvgIpc) is 0.739. The van der Waals surface area contributed by atoms with E-state index in [-0.39, 0.29) is 0 Å². The number of carbonyl (C=O) groups excluding carboxylic acids is 3. The van der Waals surface area contributed by atoms with Crippen LogP contribution in [-0.2, 0) is 80.8 Å². The topological polar surface area (TPSA) is 683 Å². The Hall–Kier alpha value is -4.19. The number of carbonyl (C=O) groups is 5. The van der Waals surface area contributed by atoms with E-state index in [0.717, 1.165) is 52.9 Å². The monoisotopic (exact) mass is 1570 g/mol. The highest BCUT2D eigenvalue weighted by molar-refractivity contribution is 5.77. The highest BCUT2D eigenvalue weighted by Crippen LogP contribution is 2.43. The van der Waals surface area contributed by atoms with E-state index in [4.69, 9.17) is 62.6 Å². The first-order valence-corrected chi connectivity index (χ1v) is 36.3. The third-order valence-corrected chi connectivity index (χ3v) is 19.8. The number of ether oxygens (including phenoxy) is 12. The zero-order valence-electron chi connectivity index (χ0n) is 60.4. The van der Waals surface area contributed by atoms with E-state index in [2.05, 4.69) is 22.9 Å². The second kappa shape index (κ2) is 43.3. The summed E-state index contributed by atoms with van der Waals surface area (Å²) in [6, 6.07) is -7.04. The maximum Gasteiger partial charge on any atom is 0.364 e. The third kappa shape index (κ3) is 23.5. The molecule has 42 nitrogen and oxygen atoms in total. The average molecular weight is 1570 g/mol. The Labute approximate surface area is 621 Å². The number of aliphatic hydroxyl groups is 19. The first-order chi connectivity index (χ1) is 51.1. The number of carboxylic acid groups (broad SMARTS) is 2. The number of carboxylic acids is 2. The number of aliphatic carboxylic acids is 2. The Morgan fingerprint density at radius 1 is 0.491 bits per heavy atom. The molecule has 34 atom stereocenters. The molecular weight excluding hydrogens is 1460 g/mol. The minimum Gasteiger partial charge on any atom is -0.477 e. The van der Waals surface area contributed by atoms with Gasteiger partial charge in [-0.1, -0.05) is 83.3 Å². The lowest BCUT2D eigenvalue weighted by Gasteiger charge is -2.53. The molecule has 0 bridgehead atoms. The van der Waals surface area contributed by atoms with Crippen molar-refractivity contribution in [2.24, 2.45) is 5.73 Å². The molecule has 6 aliphatic rings. The molecule has 0 radical (unpaired) electrons. The Bertz CT molecular complexity index is 2770. The van der Waals surface area contributed by atoms with Crippen molar-refractivity contribution >= 4 is 29.7 Å². The van der Waals surface area contributed by atoms with Gasteiger partial charge < -0.3 is 186 Å². The molecule has 26 N–H and O–H groups in total. The highest BCUT2D eigenvalue weighted by Gasteiger charge is 2.64. The van der Waals surface area contributed by atoms with Crippen LogP contribution in [-0.4, -0.2) is 391 Å². The number of allylic oxidation sites excluding steroid dienone is 1. The van der Waals surface area contributed by atoms with Gasteiger partial charge in [-0.25, -0.2) is 9.59 Å². The lowest BCUT2D eigenvalue weighted by molar-refractivity contribution is -0.404. The lowest BCUT2D eigenvalue weighted by Crippen LogP contribution is -2.73. The summed E-state index contributed by atoms with van der Waals surface area (Å²) in [5, 5.41) is 241. The molecule has 0 unspecified atom stereocenters. The Morgan fingerprint density at radius 3 is 1.46 bits per heavy atom. The molecular formula is C66H114N4O38. The van der Waals surface area contributed by atoms with Gasteiger partial charge in [0.25, 0.3) is 11.6 Å². The lowest BCUT2D eigenvalue weighted by atomic mass is 9.87. The molecule has 3 amide bonds. The van der Waals surface area contributed by atoms with Crippen molar-refractivity contribution in [2.45, 2.75) is 325 Å². The molecule has 626 valence electrons. The SMILES string of the molecule is CCCCCCCCCCCCC/C=C/[C@@H](O)[C@@H](N)CO[C@@H]1O[C@H](CO)[C@@H](O[C@@H]2O[C@H](CO)[C@H](O[C@@H]3O[C@H](CO)[C@H](O)[C@H](O[C@@H]4O[C@H](CO)[C@H](O)[C@H](O)[C@H]4O)[C@H]3NC(C)=O)[C@H](O[C@]3(C(=O)O)C[C@H](O)[C@@H](NC(C)=O)[C@H]([C@H](O)[C@@H](CO)O[C@]4(C(=O)O)C[C@H](O)[C@@H](NC(C)=O)[C@H]([C@H](O)[C@H](O)CO)O4)O3)[C@H]2O)[C@H](O)[C@H]1O. The number of amides is 3. The second-order valence-electron chi connectivity index (χ2n) is 28.0. The van der Waals surface area contributed by atoms with E-state index < -0.39 is 296 Å². The Balaban J connectivity index is 1.36. The summed E-state index contributed by atoms with van der Waals surface area (Å²) in [6.07, 6.45) is -47.7. The molecule has 0 spiro atoms. The van der Waals surface area contributed by atoms with Crippen LogP contribution in [0.1, 0.15) is 118 Å². The summed E-state index contributed by atoms with van der Waals surface area (Å²) in [4.78, 5) is 66.0. The van der Waals surface area contributed by atoms with Gasteiger partial charge in [0.15, 0.2) is 25.2 Å². The molecule has 6 saturated heterocycles. The van der Waals surface area contributed by atoms with E-state index in [1.807, 2.05) is 0 Å². The predicted octanol–water partition coefficient (Wildman–Crippen LogP) is -10.3. The van der Waals surface area contributed by atoms with Crippen molar-refractivity contribution < 1.29 is 188 Å². The fourth-order valence-electron chi connectivity index (χ4n) is 13.9. The first-order valence-electron chi connectivity index (χ1n) is 36.3. The highest BCUT2D eigenvalue weighted by atomic mass is 16.8. The summed E-state index contributed by atoms with van der Waals surface area (Å²) in [6.45, 7) is -3.07. The van der Waals surface area contributed by atoms with Crippen molar-refractivity contribution in [3.63, 3.8) is 0 Å². The van der Waals surface area contributed by atoms with Gasteiger partial charge in [-0.2, -0.15) is 0 Å². The van der Waals surface area contributed by atoms with E-state index in [1.54, 1.807) is 6.08 Å². The minimum atomic E-state index is -3.67. The fraction of sp³-hybridized carbons (Fsp3) is 0.894. The molecule has 6 fully saturated rings. The van der Waals surface area contributed by atoms with Crippen molar-refractivity contribution in [3.05, 3.63) is 12.2 Å². The number of hydrogen-bond acceptors (Lipinski definition) is 37. The number of nitrogens with two attached hydrogens (primary N) is 1. The second-order valence-corrected chi connectivity index (χ2v) is 28.0. The van der Waals surface area contributed by atoms with Gasteiger partial charge in [0.05, 0.1) is 82.7 Å². The van der Waals surface area contributed by atoms with Crippen LogP contribution < -0.4 is 21.7 Å². The third-order valence-electron chi connectivity index (χ3n) is 19.8. The standard InChI is InChI=1S/C66H114N4O38/c1-5-6-7-8-9-10-11-12-13-14-15-16-17-18-32(80)31(67)27-97-60-51(91)49(89)53(39(25-75)100-60)102-62-52(92)58(54(40(26-76)101-62)103-59-43(70-30(4)79)55(46(86)37(23-73)98-59)104-61-50(90)48(88)45(85)36(22-72)99-61)108-66(64(95)96)20-34(82)42(69-29(3)78)57(107-66)47(87)38(24-74)105-65(63(93)94)19-33(81)41(68-28(2)77)56(106-65)44(84)35(83)21-71/h17-18,31-62,71-76,80-92H,5-16,19-27,67H2,1-4H3,(H,68,77)(H,69,78)(H,70,79)(H,93,94)(H,95,96)/b18-17+/t31-,32+,33-,34-,35+,36+,37+,38+,39+,40+,41+,42+,43+,44+,45-,46-,47+,48-,49+,50+,51+,52+,53+,54-,55+,56+,57+,58+,59-,60+,61-,62-,65+,66-/m0/s1. The summed E-state index contributed by atoms with van der Waals surface area (Å²) in [7, 11) is 0. The maximum atomic E-state index is 14.2. The summed E-state index contributed by atoms with van der Waals surface area (Å²) in [5.41, 5.74) is 6.24. The van der Waals surface area contributed by atoms with Gasteiger partial charge in [0.2, 0.25) is 17.7 Å². The number of hydrogen-bond donors (Lipinski definition) is 25. The molecule has 42 heteroatoms. The van der Waals surface area contributed by atoms with Gasteiger partial charge in [-0.3, -0.25) is 14.4 Å². The van der Waals surface area contributed by atoms with E-state index in [1.165, 1.54) is 44.6 Å². The Morgan fingerprint density at radius 2 is 0.935 bits per heavy atom. The molecule has 0 aromatic rings. The Kier molecular flexibility index (Phi) is 37.2. The summed E-state index contributed by atoms with van der Waals surface area (Å²) in [5.74, 6) is -14.5. The van der Waals surface area contributed by atoms with E-state index >= 15 is 0 Å². The normalized spacial score (nSPS) is 39.3. The number of rotatable bonds is 42. The zero-order valence-corrected chi connectivity index (χ0v) is 60.4. The molecule has 0 saturated carbocycles. The van der Waals surface area contributed by atoms with Crippen LogP contribution in [0.15, 0.2) is 12.2 Å². The molecule has 0 aromatic carbocycles. The molecule has 108 heavy (non-hydrogen) atoms. The first kappa shape index (κ1) is 92.7. The van der Waals surface area contributed by atoms with Gasteiger partial charge in [-0.05, 0) is 12.8 Å². The van der Waals surface area contributed by atoms with Crippen molar-refractivity contribution in [1.82, 2.24) is 16.0 Å². The largest absolute Gasteiger partial charge is 0.477 e. The van der Waals surface area contributed by atoms with E-state index in [0.29, 0.717) is 6.42 Å². The van der Waals surface area contributed by atoms with Crippen LogP contribution >= 0.6 is 0 Å². The molecule has 0 aliphatic carbocycles. The van der Waals surface area contributed by atoms with Gasteiger partial charge in [0, 0.05) is 33.6 Å². The van der Waals surface area contributed by atoms with Crippen molar-refractivity contribution in [3.8, 4) is 0 Å². The predicted molar refractivity (Wildman–Crippen MR) is 356 cm³/mol. The van der Waals surface area contributed by atoms with Crippen LogP contribution in [0.25, 0.3) is 0 Å². The summed E-state index contributed by atoms with van der Waals surface area (Å²) < 4.78 is 71.0. The van der Waals surface area contributed by atoms with E-state index in [9.17, 15) is 131 Å². The molecule has 0 aromatic heterocycles. The van der Waals surface area contributed by atoms with Crippen LogP contribution in [0.2, 0.25) is 0 Å². The maximum absolute atomic E-state index is 14.2. The minimum absolute atomic E-state index is 0.525. The number of aliphatic hydroxyl groups excluding tert-OH is 19. The fourth-order valence-corrected chi connectivity index (χ4v) is 13.9. The van der Waals surface area contributed by atoms with Crippen molar-refractivity contribution in [1.29, 1.82) is 0 Å².